The van der Waals surface area contributed by atoms with Gasteiger partial charge in [-0.2, -0.15) is 0 Å². The highest BCUT2D eigenvalue weighted by Crippen LogP contribution is 2.34. The summed E-state index contributed by atoms with van der Waals surface area (Å²) in [6.45, 7) is 5.96. The Morgan fingerprint density at radius 1 is 1.11 bits per heavy atom. The van der Waals surface area contributed by atoms with Crippen molar-refractivity contribution in [2.75, 3.05) is 55.8 Å². The summed E-state index contributed by atoms with van der Waals surface area (Å²) in [5, 5.41) is 10.2. The maximum absolute atomic E-state index is 15.9. The number of carbonyl (C=O) groups is 1. The number of aromatic nitrogens is 3. The molecule has 0 aliphatic carbocycles. The van der Waals surface area contributed by atoms with Gasteiger partial charge < -0.3 is 25.6 Å². The van der Waals surface area contributed by atoms with Crippen molar-refractivity contribution in [3.8, 4) is 11.6 Å². The van der Waals surface area contributed by atoms with Gasteiger partial charge in [0, 0.05) is 31.7 Å². The van der Waals surface area contributed by atoms with Gasteiger partial charge in [0.25, 0.3) is 11.8 Å². The highest BCUT2D eigenvalue weighted by atomic mass is 19.1. The zero-order valence-corrected chi connectivity index (χ0v) is 19.6. The van der Waals surface area contributed by atoms with Gasteiger partial charge in [0.15, 0.2) is 11.6 Å². The second-order valence-corrected chi connectivity index (χ2v) is 8.24. The Balaban J connectivity index is 1.77. The fourth-order valence-electron chi connectivity index (χ4n) is 3.89. The van der Waals surface area contributed by atoms with Gasteiger partial charge in [-0.3, -0.25) is 4.79 Å². The number of hydrogen-bond donors (Lipinski definition) is 2. The Morgan fingerprint density at radius 2 is 1.80 bits per heavy atom. The van der Waals surface area contributed by atoms with Crippen LogP contribution in [0.25, 0.3) is 5.69 Å². The minimum absolute atomic E-state index is 0.00639. The number of anilines is 3. The largest absolute Gasteiger partial charge is 0.476 e. The van der Waals surface area contributed by atoms with Crippen molar-refractivity contribution >= 4 is 23.0 Å². The number of likely N-dealkylation sites (N-methyl/N-ethyl adjacent to an activating group) is 1. The molecule has 1 fully saturated rings. The summed E-state index contributed by atoms with van der Waals surface area (Å²) in [6.07, 6.45) is 1.41. The molecule has 0 saturated carbocycles. The van der Waals surface area contributed by atoms with Crippen molar-refractivity contribution in [3.05, 3.63) is 53.0 Å². The van der Waals surface area contributed by atoms with Crippen LogP contribution in [0.2, 0.25) is 0 Å². The standard InChI is InChI=1S/C23H26F3N7O2/c1-4-35-18-12-33(30-29-18)16-5-6-17(32-9-7-31(3)8-10-32)22(21(16)26)28-23(34)14-11-15(27)20(25)13(2)19(14)24/h5-6,11-12H,4,7-10,27H2,1-3H3,(H,28,34). The predicted molar refractivity (Wildman–Crippen MR) is 126 cm³/mol. The third kappa shape index (κ3) is 4.74. The minimum atomic E-state index is -1.07. The molecule has 0 atom stereocenters. The summed E-state index contributed by atoms with van der Waals surface area (Å²) >= 11 is 0. The lowest BCUT2D eigenvalue weighted by Crippen LogP contribution is -2.44. The summed E-state index contributed by atoms with van der Waals surface area (Å²) in [4.78, 5) is 17.1. The molecule has 3 aromatic rings. The monoisotopic (exact) mass is 489 g/mol. The van der Waals surface area contributed by atoms with Crippen LogP contribution in [0, 0.1) is 24.4 Å². The first-order valence-corrected chi connectivity index (χ1v) is 11.1. The van der Waals surface area contributed by atoms with Crippen molar-refractivity contribution in [2.45, 2.75) is 13.8 Å². The molecule has 1 saturated heterocycles. The number of rotatable bonds is 6. The molecule has 1 aliphatic rings. The van der Waals surface area contributed by atoms with E-state index in [0.717, 1.165) is 19.2 Å². The molecule has 2 heterocycles. The Kier molecular flexibility index (Phi) is 6.83. The Morgan fingerprint density at radius 3 is 2.49 bits per heavy atom. The van der Waals surface area contributed by atoms with E-state index < -0.39 is 34.5 Å². The lowest BCUT2D eigenvalue weighted by molar-refractivity contribution is 0.102. The molecular formula is C23H26F3N7O2. The Bertz CT molecular complexity index is 1260. The van der Waals surface area contributed by atoms with Gasteiger partial charge in [-0.1, -0.05) is 10.3 Å². The van der Waals surface area contributed by atoms with Crippen LogP contribution in [-0.4, -0.2) is 65.6 Å². The molecule has 0 bridgehead atoms. The molecular weight excluding hydrogens is 463 g/mol. The first kappa shape index (κ1) is 24.3. The summed E-state index contributed by atoms with van der Waals surface area (Å²) in [5.41, 5.74) is 4.60. The number of carbonyl (C=O) groups excluding carboxylic acids is 1. The van der Waals surface area contributed by atoms with Crippen LogP contribution >= 0.6 is 0 Å². The van der Waals surface area contributed by atoms with E-state index in [4.69, 9.17) is 10.5 Å². The van der Waals surface area contributed by atoms with E-state index in [0.29, 0.717) is 25.4 Å². The summed E-state index contributed by atoms with van der Waals surface area (Å²) in [5.74, 6) is -3.56. The highest BCUT2D eigenvalue weighted by Gasteiger charge is 2.26. The molecule has 35 heavy (non-hydrogen) atoms. The average Bonchev–Trinajstić information content (AvgIpc) is 3.30. The lowest BCUT2D eigenvalue weighted by atomic mass is 10.1. The van der Waals surface area contributed by atoms with Crippen LogP contribution in [0.5, 0.6) is 5.88 Å². The molecule has 9 nitrogen and oxygen atoms in total. The van der Waals surface area contributed by atoms with E-state index in [1.807, 2.05) is 11.9 Å². The highest BCUT2D eigenvalue weighted by molar-refractivity contribution is 6.07. The first-order valence-electron chi connectivity index (χ1n) is 11.1. The second-order valence-electron chi connectivity index (χ2n) is 8.24. The third-order valence-corrected chi connectivity index (χ3v) is 5.89. The number of nitrogen functional groups attached to an aromatic ring is 1. The van der Waals surface area contributed by atoms with Gasteiger partial charge in [-0.25, -0.2) is 17.9 Å². The Labute approximate surface area is 200 Å². The number of piperazine rings is 1. The zero-order chi connectivity index (χ0) is 25.3. The molecule has 2 aromatic carbocycles. The van der Waals surface area contributed by atoms with E-state index >= 15 is 4.39 Å². The maximum atomic E-state index is 15.9. The SMILES string of the molecule is CCOc1cn(-c2ccc(N3CCN(C)CC3)c(NC(=O)c3cc(N)c(F)c(C)c3F)c2F)nn1. The average molecular weight is 490 g/mol. The number of amides is 1. The number of nitrogens with two attached hydrogens (primary N) is 1. The van der Waals surface area contributed by atoms with Crippen molar-refractivity contribution in [3.63, 3.8) is 0 Å². The molecule has 1 amide bonds. The van der Waals surface area contributed by atoms with Crippen LogP contribution < -0.4 is 20.7 Å². The van der Waals surface area contributed by atoms with E-state index in [-0.39, 0.29) is 22.9 Å². The van der Waals surface area contributed by atoms with E-state index in [9.17, 15) is 13.6 Å². The number of nitrogens with zero attached hydrogens (tertiary/aromatic N) is 5. The molecule has 0 radical (unpaired) electrons. The van der Waals surface area contributed by atoms with Crippen molar-refractivity contribution in [1.82, 2.24) is 19.9 Å². The molecule has 1 aliphatic heterocycles. The number of ether oxygens (including phenoxy) is 1. The predicted octanol–water partition coefficient (Wildman–Crippen LogP) is 2.98. The number of nitrogens with one attached hydrogen (secondary N) is 1. The molecule has 4 rings (SSSR count). The number of halogens is 3. The van der Waals surface area contributed by atoms with Crippen molar-refractivity contribution in [1.29, 1.82) is 0 Å². The molecule has 0 spiro atoms. The zero-order valence-electron chi connectivity index (χ0n) is 19.6. The topological polar surface area (TPSA) is 102 Å². The van der Waals surface area contributed by atoms with Gasteiger partial charge in [0.1, 0.15) is 17.2 Å². The van der Waals surface area contributed by atoms with Gasteiger partial charge in [-0.15, -0.1) is 0 Å². The van der Waals surface area contributed by atoms with Gasteiger partial charge in [-0.05, 0) is 39.1 Å². The van der Waals surface area contributed by atoms with Gasteiger partial charge >= 0.3 is 0 Å². The third-order valence-electron chi connectivity index (χ3n) is 5.89. The number of benzene rings is 2. The van der Waals surface area contributed by atoms with E-state index in [2.05, 4.69) is 20.5 Å². The first-order chi connectivity index (χ1) is 16.7. The van der Waals surface area contributed by atoms with Crippen LogP contribution in [-0.2, 0) is 0 Å². The smallest absolute Gasteiger partial charge is 0.258 e. The molecule has 1 aromatic heterocycles. The molecule has 3 N–H and O–H groups in total. The fourth-order valence-corrected chi connectivity index (χ4v) is 3.89. The van der Waals surface area contributed by atoms with Crippen LogP contribution in [0.4, 0.5) is 30.2 Å². The summed E-state index contributed by atoms with van der Waals surface area (Å²) in [7, 11) is 1.98. The van der Waals surface area contributed by atoms with Gasteiger partial charge in [0.05, 0.1) is 29.7 Å². The van der Waals surface area contributed by atoms with E-state index in [1.165, 1.54) is 23.9 Å². The van der Waals surface area contributed by atoms with Crippen molar-refractivity contribution in [2.24, 2.45) is 0 Å². The molecule has 12 heteroatoms. The van der Waals surface area contributed by atoms with Crippen LogP contribution in [0.15, 0.2) is 24.4 Å². The summed E-state index contributed by atoms with van der Waals surface area (Å²) in [6, 6.07) is 4.07. The van der Waals surface area contributed by atoms with E-state index in [1.54, 1.807) is 13.0 Å². The molecule has 186 valence electrons. The Hall–Kier alpha value is -3.80. The quantitative estimate of drug-likeness (QED) is 0.514. The van der Waals surface area contributed by atoms with Gasteiger partial charge in [0.2, 0.25) is 0 Å². The summed E-state index contributed by atoms with van der Waals surface area (Å²) < 4.78 is 51.0. The second kappa shape index (κ2) is 9.82. The van der Waals surface area contributed by atoms with Crippen LogP contribution in [0.1, 0.15) is 22.8 Å². The molecule has 0 unspecified atom stereocenters. The minimum Gasteiger partial charge on any atom is -0.476 e. The normalized spacial score (nSPS) is 14.3. The lowest BCUT2D eigenvalue weighted by Gasteiger charge is -2.35. The maximum Gasteiger partial charge on any atom is 0.258 e. The number of hydrogen-bond acceptors (Lipinski definition) is 7. The van der Waals surface area contributed by atoms with Crippen molar-refractivity contribution < 1.29 is 22.7 Å². The fraction of sp³-hybridized carbons (Fsp3) is 0.348. The van der Waals surface area contributed by atoms with Crippen LogP contribution in [0.3, 0.4) is 0 Å².